The highest BCUT2D eigenvalue weighted by molar-refractivity contribution is 5.52. The third kappa shape index (κ3) is 3.49. The van der Waals surface area contributed by atoms with Crippen molar-refractivity contribution in [1.82, 2.24) is 0 Å². The Morgan fingerprint density at radius 3 is 2.83 bits per heavy atom. The van der Waals surface area contributed by atoms with Gasteiger partial charge in [-0.2, -0.15) is 0 Å². The lowest BCUT2D eigenvalue weighted by atomic mass is 10.0. The van der Waals surface area contributed by atoms with E-state index in [1.807, 2.05) is 0 Å². The Morgan fingerprint density at radius 2 is 2.11 bits per heavy atom. The zero-order valence-corrected chi connectivity index (χ0v) is 11.6. The van der Waals surface area contributed by atoms with Crippen LogP contribution in [-0.4, -0.2) is 19.8 Å². The van der Waals surface area contributed by atoms with Gasteiger partial charge in [0.05, 0.1) is 6.61 Å². The van der Waals surface area contributed by atoms with Crippen molar-refractivity contribution in [2.24, 2.45) is 5.92 Å². The molecule has 100 valence electrons. The summed E-state index contributed by atoms with van der Waals surface area (Å²) in [6.07, 6.45) is 6.34. The van der Waals surface area contributed by atoms with Crippen LogP contribution in [0.3, 0.4) is 0 Å². The minimum absolute atomic E-state index is 0.665. The zero-order chi connectivity index (χ0) is 12.8. The van der Waals surface area contributed by atoms with E-state index in [0.29, 0.717) is 6.04 Å². The fourth-order valence-corrected chi connectivity index (χ4v) is 2.89. The minimum Gasteiger partial charge on any atom is -0.384 e. The number of hydrogen-bond acceptors (Lipinski definition) is 2. The average molecular weight is 247 g/mol. The maximum Gasteiger partial charge on any atom is 0.0503 e. The summed E-state index contributed by atoms with van der Waals surface area (Å²) in [5, 5.41) is 3.73. The van der Waals surface area contributed by atoms with E-state index < -0.39 is 0 Å². The van der Waals surface area contributed by atoms with Gasteiger partial charge in [-0.3, -0.25) is 0 Å². The fraction of sp³-hybridized carbons (Fsp3) is 0.625. The maximum absolute atomic E-state index is 5.18. The number of hydrogen-bond donors (Lipinski definition) is 1. The van der Waals surface area contributed by atoms with Crippen molar-refractivity contribution >= 4 is 5.69 Å². The molecule has 1 N–H and O–H groups in total. The molecule has 0 radical (unpaired) electrons. The summed E-state index contributed by atoms with van der Waals surface area (Å²) in [6.45, 7) is 3.10. The molecule has 2 unspecified atom stereocenters. The number of rotatable bonds is 6. The molecular weight excluding hydrogens is 222 g/mol. The van der Waals surface area contributed by atoms with Gasteiger partial charge in [-0.15, -0.1) is 0 Å². The van der Waals surface area contributed by atoms with Crippen molar-refractivity contribution in [2.75, 3.05) is 19.0 Å². The fourth-order valence-electron chi connectivity index (χ4n) is 2.89. The van der Waals surface area contributed by atoms with Crippen LogP contribution in [0.5, 0.6) is 0 Å². The van der Waals surface area contributed by atoms with Gasteiger partial charge in [0.25, 0.3) is 0 Å². The summed E-state index contributed by atoms with van der Waals surface area (Å²) < 4.78 is 5.18. The average Bonchev–Trinajstić information content (AvgIpc) is 2.85. The monoisotopic (exact) mass is 247 g/mol. The second-order valence-electron chi connectivity index (χ2n) is 5.33. The topological polar surface area (TPSA) is 21.3 Å². The molecule has 1 aromatic rings. The van der Waals surface area contributed by atoms with Crippen molar-refractivity contribution < 1.29 is 4.74 Å². The predicted molar refractivity (Wildman–Crippen MR) is 77.1 cm³/mol. The first kappa shape index (κ1) is 13.4. The van der Waals surface area contributed by atoms with Crippen LogP contribution in [0.1, 0.15) is 38.2 Å². The number of ether oxygens (including phenoxy) is 1. The number of benzene rings is 1. The van der Waals surface area contributed by atoms with E-state index in [1.54, 1.807) is 7.11 Å². The van der Waals surface area contributed by atoms with Crippen molar-refractivity contribution in [3.8, 4) is 0 Å². The van der Waals surface area contributed by atoms with Crippen LogP contribution < -0.4 is 5.32 Å². The molecule has 2 nitrogen and oxygen atoms in total. The third-order valence-corrected chi connectivity index (χ3v) is 4.07. The molecule has 1 fully saturated rings. The molecule has 18 heavy (non-hydrogen) atoms. The molecule has 0 aliphatic heterocycles. The van der Waals surface area contributed by atoms with Gasteiger partial charge in [-0.25, -0.2) is 0 Å². The standard InChI is InChI=1S/C16H25NO/c1-3-13-8-9-15(12-13)17-16-7-5-4-6-14(16)10-11-18-2/h4-7,13,15,17H,3,8-12H2,1-2H3. The molecule has 0 aromatic heterocycles. The van der Waals surface area contributed by atoms with Crippen molar-refractivity contribution in [3.05, 3.63) is 29.8 Å². The normalized spacial score (nSPS) is 23.2. The highest BCUT2D eigenvalue weighted by Gasteiger charge is 2.23. The molecule has 2 rings (SSSR count). The molecule has 0 bridgehead atoms. The minimum atomic E-state index is 0.665. The molecule has 1 aromatic carbocycles. The van der Waals surface area contributed by atoms with Crippen molar-refractivity contribution in [1.29, 1.82) is 0 Å². The van der Waals surface area contributed by atoms with Gasteiger partial charge in [-0.05, 0) is 43.2 Å². The van der Waals surface area contributed by atoms with Crippen LogP contribution in [0.2, 0.25) is 0 Å². The van der Waals surface area contributed by atoms with Crippen LogP contribution >= 0.6 is 0 Å². The molecule has 1 saturated carbocycles. The molecule has 2 atom stereocenters. The number of nitrogens with one attached hydrogen (secondary N) is 1. The first-order valence-corrected chi connectivity index (χ1v) is 7.16. The molecule has 0 saturated heterocycles. The number of anilines is 1. The van der Waals surface area contributed by atoms with Gasteiger partial charge in [0.15, 0.2) is 0 Å². The Labute approximate surface area is 111 Å². The van der Waals surface area contributed by atoms with E-state index in [2.05, 4.69) is 36.5 Å². The van der Waals surface area contributed by atoms with Gasteiger partial charge in [0.1, 0.15) is 0 Å². The Kier molecular flexibility index (Phi) is 5.06. The van der Waals surface area contributed by atoms with Crippen LogP contribution in [-0.2, 0) is 11.2 Å². The second kappa shape index (κ2) is 6.79. The highest BCUT2D eigenvalue weighted by Crippen LogP contribution is 2.31. The lowest BCUT2D eigenvalue weighted by Crippen LogP contribution is -2.17. The van der Waals surface area contributed by atoms with Crippen LogP contribution in [0.25, 0.3) is 0 Å². The van der Waals surface area contributed by atoms with Crippen LogP contribution in [0.4, 0.5) is 5.69 Å². The van der Waals surface area contributed by atoms with Gasteiger partial charge in [0, 0.05) is 18.8 Å². The lowest BCUT2D eigenvalue weighted by Gasteiger charge is -2.17. The Hall–Kier alpha value is -1.02. The molecule has 0 heterocycles. The van der Waals surface area contributed by atoms with Crippen LogP contribution in [0, 0.1) is 5.92 Å². The summed E-state index contributed by atoms with van der Waals surface area (Å²) in [6, 6.07) is 9.29. The Morgan fingerprint density at radius 1 is 1.28 bits per heavy atom. The van der Waals surface area contributed by atoms with E-state index in [9.17, 15) is 0 Å². The molecular formula is C16H25NO. The molecule has 2 heteroatoms. The molecule has 0 spiro atoms. The lowest BCUT2D eigenvalue weighted by molar-refractivity contribution is 0.202. The maximum atomic E-state index is 5.18. The SMILES string of the molecule is CCC1CCC(Nc2ccccc2CCOC)C1. The van der Waals surface area contributed by atoms with E-state index >= 15 is 0 Å². The molecule has 1 aliphatic rings. The van der Waals surface area contributed by atoms with Crippen molar-refractivity contribution in [2.45, 2.75) is 45.1 Å². The van der Waals surface area contributed by atoms with Gasteiger partial charge in [0.2, 0.25) is 0 Å². The van der Waals surface area contributed by atoms with Gasteiger partial charge >= 0.3 is 0 Å². The third-order valence-electron chi connectivity index (χ3n) is 4.07. The molecule has 0 amide bonds. The summed E-state index contributed by atoms with van der Waals surface area (Å²) >= 11 is 0. The summed E-state index contributed by atoms with van der Waals surface area (Å²) in [4.78, 5) is 0. The second-order valence-corrected chi connectivity index (χ2v) is 5.33. The van der Waals surface area contributed by atoms with E-state index in [-0.39, 0.29) is 0 Å². The summed E-state index contributed by atoms with van der Waals surface area (Å²) in [7, 11) is 1.76. The number of para-hydroxylation sites is 1. The summed E-state index contributed by atoms with van der Waals surface area (Å²) in [5.74, 6) is 0.925. The molecule has 1 aliphatic carbocycles. The van der Waals surface area contributed by atoms with Crippen LogP contribution in [0.15, 0.2) is 24.3 Å². The first-order chi connectivity index (χ1) is 8.83. The quantitative estimate of drug-likeness (QED) is 0.824. The largest absolute Gasteiger partial charge is 0.384 e. The van der Waals surface area contributed by atoms with Gasteiger partial charge < -0.3 is 10.1 Å². The number of methoxy groups -OCH3 is 1. The van der Waals surface area contributed by atoms with Gasteiger partial charge in [-0.1, -0.05) is 31.5 Å². The highest BCUT2D eigenvalue weighted by atomic mass is 16.5. The summed E-state index contributed by atoms with van der Waals surface area (Å²) in [5.41, 5.74) is 2.68. The Bertz CT molecular complexity index is 364. The zero-order valence-electron chi connectivity index (χ0n) is 11.6. The van der Waals surface area contributed by atoms with E-state index in [1.165, 1.54) is 36.9 Å². The van der Waals surface area contributed by atoms with Crippen molar-refractivity contribution in [3.63, 3.8) is 0 Å². The van der Waals surface area contributed by atoms with E-state index in [0.717, 1.165) is 18.9 Å². The predicted octanol–water partition coefficient (Wildman–Crippen LogP) is 3.87. The first-order valence-electron chi connectivity index (χ1n) is 7.16. The smallest absolute Gasteiger partial charge is 0.0503 e. The Balaban J connectivity index is 1.96. The van der Waals surface area contributed by atoms with E-state index in [4.69, 9.17) is 4.74 Å².